The number of hydrogen-bond acceptors (Lipinski definition) is 1. The summed E-state index contributed by atoms with van der Waals surface area (Å²) in [6.45, 7) is 9.55. The van der Waals surface area contributed by atoms with Gasteiger partial charge < -0.3 is 0 Å². The SMILES string of the molecule is Cc1ccc2c3cccnc3n3c4c([Si](C)(C)C)ccc5cc[n+](C)c(c1c23)c54. The van der Waals surface area contributed by atoms with Crippen LogP contribution < -0.4 is 9.75 Å². The molecular weight excluding hydrogens is 370 g/mol. The second-order valence-corrected chi connectivity index (χ2v) is 14.4. The molecule has 0 bridgehead atoms. The number of aryl methyl sites for hydroxylation is 2. The van der Waals surface area contributed by atoms with Crippen molar-refractivity contribution >= 4 is 62.4 Å². The summed E-state index contributed by atoms with van der Waals surface area (Å²) >= 11 is 0. The Morgan fingerprint density at radius 1 is 0.897 bits per heavy atom. The Bertz CT molecular complexity index is 1600. The molecule has 0 aliphatic heterocycles. The molecule has 142 valence electrons. The van der Waals surface area contributed by atoms with Crippen molar-refractivity contribution in [1.29, 1.82) is 0 Å². The molecule has 0 unspecified atom stereocenters. The first kappa shape index (κ1) is 16.9. The molecule has 0 N–H and O–H groups in total. The van der Waals surface area contributed by atoms with Crippen LogP contribution >= 0.6 is 0 Å². The molecule has 0 amide bonds. The van der Waals surface area contributed by atoms with Crippen LogP contribution in [-0.2, 0) is 7.05 Å². The van der Waals surface area contributed by atoms with E-state index in [1.807, 2.05) is 6.20 Å². The van der Waals surface area contributed by atoms with Crippen LogP contribution in [0.25, 0.3) is 49.1 Å². The number of aromatic nitrogens is 3. The van der Waals surface area contributed by atoms with Gasteiger partial charge in [0.1, 0.15) is 12.7 Å². The lowest BCUT2D eigenvalue weighted by molar-refractivity contribution is -0.643. The van der Waals surface area contributed by atoms with Crippen LogP contribution in [0.3, 0.4) is 0 Å². The minimum atomic E-state index is -1.59. The summed E-state index contributed by atoms with van der Waals surface area (Å²) in [7, 11) is 0.583. The van der Waals surface area contributed by atoms with Crippen LogP contribution in [0.4, 0.5) is 0 Å². The number of benzene rings is 2. The van der Waals surface area contributed by atoms with Crippen LogP contribution in [0.2, 0.25) is 19.6 Å². The summed E-state index contributed by atoms with van der Waals surface area (Å²) in [5, 5.41) is 8.03. The van der Waals surface area contributed by atoms with E-state index in [1.54, 1.807) is 0 Å². The first-order valence-corrected chi connectivity index (χ1v) is 13.7. The third-order valence-corrected chi connectivity index (χ3v) is 8.46. The van der Waals surface area contributed by atoms with Crippen molar-refractivity contribution in [3.63, 3.8) is 0 Å². The lowest BCUT2D eigenvalue weighted by atomic mass is 10.00. The van der Waals surface area contributed by atoms with Gasteiger partial charge in [0, 0.05) is 23.0 Å². The maximum Gasteiger partial charge on any atom is 0.224 e. The highest BCUT2D eigenvalue weighted by Crippen LogP contribution is 2.39. The van der Waals surface area contributed by atoms with E-state index in [0.717, 1.165) is 5.65 Å². The van der Waals surface area contributed by atoms with Crippen molar-refractivity contribution < 1.29 is 4.57 Å². The Morgan fingerprint density at radius 2 is 1.72 bits per heavy atom. The van der Waals surface area contributed by atoms with Gasteiger partial charge in [0.25, 0.3) is 0 Å². The second-order valence-electron chi connectivity index (χ2n) is 9.31. The molecule has 0 aliphatic rings. The van der Waals surface area contributed by atoms with Gasteiger partial charge >= 0.3 is 0 Å². The zero-order valence-corrected chi connectivity index (χ0v) is 18.5. The van der Waals surface area contributed by atoms with Crippen molar-refractivity contribution in [2.75, 3.05) is 0 Å². The molecule has 4 heterocycles. The van der Waals surface area contributed by atoms with Crippen LogP contribution in [-0.4, -0.2) is 17.5 Å². The maximum atomic E-state index is 4.87. The largest absolute Gasteiger partial charge is 0.292 e. The fourth-order valence-electron chi connectivity index (χ4n) is 5.13. The van der Waals surface area contributed by atoms with Gasteiger partial charge in [-0.05, 0) is 35.2 Å². The molecule has 0 radical (unpaired) electrons. The Balaban J connectivity index is 2.14. The lowest BCUT2D eigenvalue weighted by Gasteiger charge is -2.22. The predicted octanol–water partition coefficient (Wildman–Crippen LogP) is 5.06. The molecular formula is C25H24N3Si+. The molecule has 6 rings (SSSR count). The van der Waals surface area contributed by atoms with E-state index in [4.69, 9.17) is 4.98 Å². The molecule has 0 fully saturated rings. The molecule has 3 nitrogen and oxygen atoms in total. The van der Waals surface area contributed by atoms with Crippen molar-refractivity contribution in [2.45, 2.75) is 26.6 Å². The molecule has 0 saturated carbocycles. The smallest absolute Gasteiger partial charge is 0.224 e. The summed E-state index contributed by atoms with van der Waals surface area (Å²) in [6, 6.07) is 15.7. The molecule has 0 atom stereocenters. The minimum Gasteiger partial charge on any atom is -0.292 e. The van der Waals surface area contributed by atoms with Gasteiger partial charge in [-0.15, -0.1) is 0 Å². The third-order valence-electron chi connectivity index (χ3n) is 6.44. The molecule has 0 spiro atoms. The normalized spacial score (nSPS) is 13.0. The van der Waals surface area contributed by atoms with E-state index >= 15 is 0 Å². The van der Waals surface area contributed by atoms with Gasteiger partial charge in [0.05, 0.1) is 29.9 Å². The summed E-state index contributed by atoms with van der Waals surface area (Å²) in [6.07, 6.45) is 4.12. The van der Waals surface area contributed by atoms with E-state index in [9.17, 15) is 0 Å². The van der Waals surface area contributed by atoms with E-state index in [2.05, 4.69) is 91.2 Å². The second kappa shape index (κ2) is 5.33. The first-order chi connectivity index (χ1) is 13.9. The first-order valence-electron chi connectivity index (χ1n) is 10.2. The minimum absolute atomic E-state index is 1.07. The van der Waals surface area contributed by atoms with Gasteiger partial charge in [0.2, 0.25) is 5.52 Å². The zero-order valence-electron chi connectivity index (χ0n) is 17.5. The Kier molecular flexibility index (Phi) is 3.11. The monoisotopic (exact) mass is 394 g/mol. The summed E-state index contributed by atoms with van der Waals surface area (Å²) < 4.78 is 4.77. The lowest BCUT2D eigenvalue weighted by Crippen LogP contribution is -2.39. The van der Waals surface area contributed by atoms with Gasteiger partial charge in [-0.3, -0.25) is 4.40 Å². The Labute approximate surface area is 170 Å². The molecule has 6 aromatic rings. The highest BCUT2D eigenvalue weighted by Gasteiger charge is 2.28. The highest BCUT2D eigenvalue weighted by atomic mass is 28.3. The van der Waals surface area contributed by atoms with Gasteiger partial charge in [-0.1, -0.05) is 43.9 Å². The topological polar surface area (TPSA) is 21.2 Å². The zero-order chi connectivity index (χ0) is 20.1. The number of pyridine rings is 3. The molecule has 4 heteroatoms. The average molecular weight is 395 g/mol. The molecule has 4 aromatic heterocycles. The fourth-order valence-corrected chi connectivity index (χ4v) is 6.66. The van der Waals surface area contributed by atoms with E-state index in [1.165, 1.54) is 54.2 Å². The number of hydrogen-bond donors (Lipinski definition) is 0. The Morgan fingerprint density at radius 3 is 2.52 bits per heavy atom. The summed E-state index contributed by atoms with van der Waals surface area (Å²) in [5.74, 6) is 0. The highest BCUT2D eigenvalue weighted by molar-refractivity contribution is 6.90. The number of fused-ring (bicyclic) bond motifs is 5. The standard InChI is InChI=1S/C25H24N3Si/c1-15-8-10-17-18-7-6-13-26-25(18)28-22(17)20(15)24-21-16(12-14-27(24)2)9-11-19(23(21)28)29(3,4)5/h6-14H,1-5H3/q+1. The van der Waals surface area contributed by atoms with Gasteiger partial charge in [-0.2, -0.15) is 0 Å². The number of nitrogens with zero attached hydrogens (tertiary/aromatic N) is 3. The maximum absolute atomic E-state index is 4.87. The molecule has 0 saturated heterocycles. The van der Waals surface area contributed by atoms with Crippen LogP contribution in [0.5, 0.6) is 0 Å². The fraction of sp³-hybridized carbons (Fsp3) is 0.200. The summed E-state index contributed by atoms with van der Waals surface area (Å²) in [5.41, 5.74) is 6.37. The molecule has 29 heavy (non-hydrogen) atoms. The van der Waals surface area contributed by atoms with Crippen LogP contribution in [0.15, 0.2) is 54.9 Å². The quantitative estimate of drug-likeness (QED) is 0.165. The van der Waals surface area contributed by atoms with E-state index in [-0.39, 0.29) is 0 Å². The van der Waals surface area contributed by atoms with E-state index < -0.39 is 8.07 Å². The van der Waals surface area contributed by atoms with Crippen molar-refractivity contribution in [2.24, 2.45) is 7.05 Å². The van der Waals surface area contributed by atoms with Crippen molar-refractivity contribution in [3.8, 4) is 0 Å². The summed E-state index contributed by atoms with van der Waals surface area (Å²) in [4.78, 5) is 4.87. The van der Waals surface area contributed by atoms with Crippen molar-refractivity contribution in [3.05, 3.63) is 60.4 Å². The van der Waals surface area contributed by atoms with Crippen molar-refractivity contribution in [1.82, 2.24) is 9.38 Å². The molecule has 2 aromatic carbocycles. The van der Waals surface area contributed by atoms with Crippen LogP contribution in [0, 0.1) is 6.92 Å². The van der Waals surface area contributed by atoms with Gasteiger partial charge in [0.15, 0.2) is 6.20 Å². The Hall–Kier alpha value is -2.98. The predicted molar refractivity (Wildman–Crippen MR) is 125 cm³/mol. The third kappa shape index (κ3) is 2.02. The van der Waals surface area contributed by atoms with E-state index in [0.29, 0.717) is 0 Å². The number of rotatable bonds is 1. The van der Waals surface area contributed by atoms with Crippen LogP contribution in [0.1, 0.15) is 5.56 Å². The van der Waals surface area contributed by atoms with Gasteiger partial charge in [-0.25, -0.2) is 9.55 Å². The average Bonchev–Trinajstić information content (AvgIpc) is 3.02. The molecule has 0 aliphatic carbocycles.